The van der Waals surface area contributed by atoms with Crippen LogP contribution in [0.25, 0.3) is 0 Å². The first-order valence-corrected chi connectivity index (χ1v) is 5.85. The van der Waals surface area contributed by atoms with Crippen molar-refractivity contribution in [3.63, 3.8) is 0 Å². The van der Waals surface area contributed by atoms with Gasteiger partial charge in [0, 0.05) is 6.61 Å². The Morgan fingerprint density at radius 1 is 1.28 bits per heavy atom. The van der Waals surface area contributed by atoms with Crippen LogP contribution in [0.4, 0.5) is 0 Å². The van der Waals surface area contributed by atoms with E-state index in [1.807, 2.05) is 6.92 Å². The van der Waals surface area contributed by atoms with E-state index in [2.05, 4.69) is 9.72 Å². The third-order valence-electron chi connectivity index (χ3n) is 2.30. The van der Waals surface area contributed by atoms with Crippen molar-refractivity contribution < 1.29 is 19.1 Å². The fraction of sp³-hybridized carbons (Fsp3) is 0.462. The Morgan fingerprint density at radius 3 is 2.67 bits per heavy atom. The lowest BCUT2D eigenvalue weighted by atomic mass is 10.2. The number of unbranched alkanes of at least 4 members (excludes halogenated alkanes) is 1. The maximum Gasteiger partial charge on any atom is 0.356 e. The summed E-state index contributed by atoms with van der Waals surface area (Å²) in [5, 5.41) is 0. The normalized spacial score (nSPS) is 10.1. The number of hydrogen-bond acceptors (Lipinski definition) is 5. The van der Waals surface area contributed by atoms with E-state index in [1.54, 1.807) is 12.1 Å². The van der Waals surface area contributed by atoms with E-state index < -0.39 is 5.97 Å². The second-order valence-electron chi connectivity index (χ2n) is 3.73. The fourth-order valence-electron chi connectivity index (χ4n) is 1.29. The quantitative estimate of drug-likeness (QED) is 0.420. The van der Waals surface area contributed by atoms with Gasteiger partial charge in [0.15, 0.2) is 0 Å². The molecule has 0 aliphatic rings. The monoisotopic (exact) mass is 251 g/mol. The van der Waals surface area contributed by atoms with Crippen LogP contribution < -0.4 is 0 Å². The largest absolute Gasteiger partial charge is 0.464 e. The summed E-state index contributed by atoms with van der Waals surface area (Å²) in [5.41, 5.74) is 0.339. The van der Waals surface area contributed by atoms with Crippen molar-refractivity contribution in [2.24, 2.45) is 0 Å². The van der Waals surface area contributed by atoms with Crippen molar-refractivity contribution in [1.82, 2.24) is 4.98 Å². The highest BCUT2D eigenvalue weighted by Gasteiger charge is 2.12. The first kappa shape index (κ1) is 14.3. The summed E-state index contributed by atoms with van der Waals surface area (Å²) < 4.78 is 9.75. The van der Waals surface area contributed by atoms with Crippen LogP contribution in [-0.2, 0) is 9.47 Å². The molecule has 0 unspecified atom stereocenters. The first-order chi connectivity index (χ1) is 8.69. The molecule has 0 fully saturated rings. The van der Waals surface area contributed by atoms with Crippen molar-refractivity contribution in [3.8, 4) is 0 Å². The van der Waals surface area contributed by atoms with Crippen LogP contribution in [0.15, 0.2) is 18.2 Å². The van der Waals surface area contributed by atoms with Gasteiger partial charge in [-0.2, -0.15) is 0 Å². The molecule has 0 saturated heterocycles. The minimum absolute atomic E-state index is 0.0162. The van der Waals surface area contributed by atoms with Crippen molar-refractivity contribution in [2.75, 3.05) is 20.3 Å². The van der Waals surface area contributed by atoms with E-state index in [1.165, 1.54) is 13.2 Å². The molecule has 0 N–H and O–H groups in total. The molecule has 1 heterocycles. The van der Waals surface area contributed by atoms with Gasteiger partial charge in [-0.3, -0.25) is 4.79 Å². The van der Waals surface area contributed by atoms with Gasteiger partial charge in [0.1, 0.15) is 18.0 Å². The van der Waals surface area contributed by atoms with E-state index in [-0.39, 0.29) is 23.8 Å². The van der Waals surface area contributed by atoms with Crippen LogP contribution in [0.1, 0.15) is 40.7 Å². The molecular weight excluding hydrogens is 234 g/mol. The van der Waals surface area contributed by atoms with Gasteiger partial charge in [-0.25, -0.2) is 9.78 Å². The molecular formula is C13H17NO4. The number of esters is 1. The Labute approximate surface area is 106 Å². The van der Waals surface area contributed by atoms with Gasteiger partial charge in [-0.15, -0.1) is 0 Å². The van der Waals surface area contributed by atoms with Gasteiger partial charge in [0.05, 0.1) is 7.11 Å². The van der Waals surface area contributed by atoms with Crippen molar-refractivity contribution in [3.05, 3.63) is 29.6 Å². The number of ketones is 1. The third kappa shape index (κ3) is 4.25. The number of carbonyl (C=O) groups excluding carboxylic acids is 2. The number of methoxy groups -OCH3 is 1. The fourth-order valence-corrected chi connectivity index (χ4v) is 1.29. The van der Waals surface area contributed by atoms with Gasteiger partial charge in [-0.05, 0) is 18.6 Å². The van der Waals surface area contributed by atoms with Gasteiger partial charge in [0.25, 0.3) is 0 Å². The molecule has 98 valence electrons. The zero-order valence-corrected chi connectivity index (χ0v) is 10.6. The Balaban J connectivity index is 2.60. The van der Waals surface area contributed by atoms with Crippen molar-refractivity contribution in [1.29, 1.82) is 0 Å². The Morgan fingerprint density at radius 2 is 2.00 bits per heavy atom. The summed E-state index contributed by atoms with van der Waals surface area (Å²) in [4.78, 5) is 26.9. The Kier molecular flexibility index (Phi) is 6.00. The molecule has 1 rings (SSSR count). The summed E-state index contributed by atoms with van der Waals surface area (Å²) in [6, 6.07) is 4.65. The number of ether oxygens (including phenoxy) is 2. The standard InChI is InChI=1S/C13H17NO4/c1-3-4-8-18-9-12(15)10-6-5-7-11(14-10)13(16)17-2/h5-7H,3-4,8-9H2,1-2H3. The predicted molar refractivity (Wildman–Crippen MR) is 65.6 cm³/mol. The summed E-state index contributed by atoms with van der Waals surface area (Å²) >= 11 is 0. The highest BCUT2D eigenvalue weighted by molar-refractivity contribution is 5.96. The van der Waals surface area contributed by atoms with Crippen LogP contribution in [0.2, 0.25) is 0 Å². The molecule has 0 aliphatic heterocycles. The SMILES string of the molecule is CCCCOCC(=O)c1cccc(C(=O)OC)n1. The van der Waals surface area contributed by atoms with Crippen molar-refractivity contribution in [2.45, 2.75) is 19.8 Å². The smallest absolute Gasteiger partial charge is 0.356 e. The zero-order chi connectivity index (χ0) is 13.4. The van der Waals surface area contributed by atoms with Crippen LogP contribution in [0.5, 0.6) is 0 Å². The van der Waals surface area contributed by atoms with E-state index in [0.717, 1.165) is 12.8 Å². The molecule has 5 heteroatoms. The lowest BCUT2D eigenvalue weighted by molar-refractivity contribution is 0.0593. The van der Waals surface area contributed by atoms with Crippen LogP contribution >= 0.6 is 0 Å². The number of nitrogens with zero attached hydrogens (tertiary/aromatic N) is 1. The maximum atomic E-state index is 11.7. The molecule has 0 radical (unpaired) electrons. The predicted octanol–water partition coefficient (Wildman–Crippen LogP) is 1.87. The lowest BCUT2D eigenvalue weighted by Crippen LogP contribution is -2.14. The first-order valence-electron chi connectivity index (χ1n) is 5.85. The summed E-state index contributed by atoms with van der Waals surface area (Å²) in [5.74, 6) is -0.798. The summed E-state index contributed by atoms with van der Waals surface area (Å²) in [6.07, 6.45) is 1.94. The molecule has 1 aromatic rings. The van der Waals surface area contributed by atoms with Gasteiger partial charge in [0.2, 0.25) is 5.78 Å². The second kappa shape index (κ2) is 7.55. The number of hydrogen-bond donors (Lipinski definition) is 0. The molecule has 0 aliphatic carbocycles. The van der Waals surface area contributed by atoms with Crippen LogP contribution in [-0.4, -0.2) is 37.1 Å². The highest BCUT2D eigenvalue weighted by Crippen LogP contribution is 2.03. The van der Waals surface area contributed by atoms with E-state index >= 15 is 0 Å². The second-order valence-corrected chi connectivity index (χ2v) is 3.73. The Bertz CT molecular complexity index is 417. The Hall–Kier alpha value is -1.75. The third-order valence-corrected chi connectivity index (χ3v) is 2.30. The van der Waals surface area contributed by atoms with E-state index in [4.69, 9.17) is 4.74 Å². The van der Waals surface area contributed by atoms with E-state index in [0.29, 0.717) is 6.61 Å². The zero-order valence-electron chi connectivity index (χ0n) is 10.6. The van der Waals surface area contributed by atoms with Crippen molar-refractivity contribution >= 4 is 11.8 Å². The van der Waals surface area contributed by atoms with Gasteiger partial charge in [-0.1, -0.05) is 19.4 Å². The van der Waals surface area contributed by atoms with E-state index in [9.17, 15) is 9.59 Å². The number of Topliss-reactive ketones (excluding diaryl/α,β-unsaturated/α-hetero) is 1. The minimum Gasteiger partial charge on any atom is -0.464 e. The van der Waals surface area contributed by atoms with Gasteiger partial charge >= 0.3 is 5.97 Å². The molecule has 18 heavy (non-hydrogen) atoms. The minimum atomic E-state index is -0.559. The molecule has 0 atom stereocenters. The average molecular weight is 251 g/mol. The van der Waals surface area contributed by atoms with Crippen LogP contribution in [0, 0.1) is 0 Å². The van der Waals surface area contributed by atoms with Crippen LogP contribution in [0.3, 0.4) is 0 Å². The summed E-state index contributed by atoms with van der Waals surface area (Å²) in [7, 11) is 1.27. The molecule has 0 aromatic carbocycles. The molecule has 0 amide bonds. The molecule has 0 saturated carbocycles. The highest BCUT2D eigenvalue weighted by atomic mass is 16.5. The number of aromatic nitrogens is 1. The molecule has 0 bridgehead atoms. The maximum absolute atomic E-state index is 11.7. The molecule has 0 spiro atoms. The number of carbonyl (C=O) groups is 2. The lowest BCUT2D eigenvalue weighted by Gasteiger charge is -2.04. The van der Waals surface area contributed by atoms with Gasteiger partial charge < -0.3 is 9.47 Å². The number of pyridine rings is 1. The molecule has 5 nitrogen and oxygen atoms in total. The topological polar surface area (TPSA) is 65.5 Å². The summed E-state index contributed by atoms with van der Waals surface area (Å²) in [6.45, 7) is 2.59. The average Bonchev–Trinajstić information content (AvgIpc) is 2.42. The molecule has 1 aromatic heterocycles. The number of rotatable bonds is 7.